The molecular formula is C35H44Cl2N3O3Ru-2. The first-order valence-electron chi connectivity index (χ1n) is 14.7. The molecule has 0 spiro atoms. The number of aryl methyl sites for hydroxylation is 6. The molecule has 1 atom stereocenters. The molecule has 0 saturated carbocycles. The van der Waals surface area contributed by atoms with Crippen molar-refractivity contribution in [1.29, 1.82) is 0 Å². The number of carbonyl (C=O) groups is 1. The number of benzene rings is 3. The van der Waals surface area contributed by atoms with E-state index in [0.29, 0.717) is 26.3 Å². The Labute approximate surface area is 286 Å². The quantitative estimate of drug-likeness (QED) is 0.265. The van der Waals surface area contributed by atoms with Crippen LogP contribution in [0.15, 0.2) is 48.5 Å². The van der Waals surface area contributed by atoms with Gasteiger partial charge in [-0.2, -0.15) is 6.67 Å². The molecule has 2 aliphatic rings. The molecule has 2 saturated heterocycles. The van der Waals surface area contributed by atoms with Crippen molar-refractivity contribution in [3.63, 3.8) is 0 Å². The van der Waals surface area contributed by atoms with Crippen LogP contribution in [0.25, 0.3) is 0 Å². The minimum Gasteiger partial charge on any atom is -1.00 e. The van der Waals surface area contributed by atoms with Crippen molar-refractivity contribution >= 4 is 21.9 Å². The largest absolute Gasteiger partial charge is 1.00 e. The van der Waals surface area contributed by atoms with Crippen molar-refractivity contribution < 1.29 is 56.9 Å². The van der Waals surface area contributed by atoms with Gasteiger partial charge < -0.3 is 34.6 Å². The first-order chi connectivity index (χ1) is 20.1. The Morgan fingerprint density at radius 3 is 1.73 bits per heavy atom. The minimum absolute atomic E-state index is 0. The van der Waals surface area contributed by atoms with Gasteiger partial charge in [-0.25, -0.2) is 0 Å². The van der Waals surface area contributed by atoms with Gasteiger partial charge in [-0.3, -0.25) is 0 Å². The van der Waals surface area contributed by atoms with Gasteiger partial charge in [0.2, 0.25) is 0 Å². The number of amides is 1. The number of anilines is 2. The van der Waals surface area contributed by atoms with E-state index in [4.69, 9.17) is 9.47 Å². The van der Waals surface area contributed by atoms with Gasteiger partial charge in [0.25, 0.3) is 0 Å². The summed E-state index contributed by atoms with van der Waals surface area (Å²) < 4.78 is 12.9. The van der Waals surface area contributed by atoms with Gasteiger partial charge >= 0.3 is 122 Å². The molecule has 9 heteroatoms. The van der Waals surface area contributed by atoms with Crippen LogP contribution in [0.5, 0.6) is 5.75 Å². The zero-order chi connectivity index (χ0) is 30.4. The minimum atomic E-state index is -0.481. The molecule has 5 rings (SSSR count). The van der Waals surface area contributed by atoms with E-state index in [1.807, 2.05) is 28.9 Å². The zero-order valence-electron chi connectivity index (χ0n) is 26.8. The number of para-hydroxylation sites is 1. The van der Waals surface area contributed by atoms with Gasteiger partial charge in [-0.1, -0.05) is 35.4 Å². The monoisotopic (exact) mass is 726 g/mol. The molecule has 0 radical (unpaired) electrons. The van der Waals surface area contributed by atoms with E-state index in [-0.39, 0.29) is 30.7 Å². The van der Waals surface area contributed by atoms with E-state index in [1.165, 1.54) is 44.8 Å². The van der Waals surface area contributed by atoms with E-state index in [9.17, 15) is 4.79 Å². The summed E-state index contributed by atoms with van der Waals surface area (Å²) in [6.07, 6.45) is -0.481. The van der Waals surface area contributed by atoms with E-state index in [2.05, 4.69) is 100 Å². The Bertz CT molecular complexity index is 1320. The topological polar surface area (TPSA) is 45.2 Å². The first kappa shape index (κ1) is 37.7. The van der Waals surface area contributed by atoms with E-state index in [1.54, 1.807) is 11.8 Å². The molecule has 0 bridgehead atoms. The van der Waals surface area contributed by atoms with Crippen LogP contribution >= 0.6 is 0 Å². The van der Waals surface area contributed by atoms with Crippen LogP contribution in [0.3, 0.4) is 0 Å². The summed E-state index contributed by atoms with van der Waals surface area (Å²) in [6, 6.07) is 16.8. The molecule has 1 amide bonds. The summed E-state index contributed by atoms with van der Waals surface area (Å²) in [5.41, 5.74) is 11.8. The third kappa shape index (κ3) is 9.29. The van der Waals surface area contributed by atoms with Crippen molar-refractivity contribution in [1.82, 2.24) is 4.90 Å². The third-order valence-corrected chi connectivity index (χ3v) is 8.25. The molecule has 241 valence electrons. The standard InChI is InChI=1S/C21H27N2.C14H17NO3.2ClH.Ru/c1-14-9-16(3)20(17(4)10-14)22-7-8-23(13-22)21-18(5)11-15(2)12-19(21)6;1-11-5-3-4-6-13(11)18-12(2)14(16)15-7-9-17-10-8-15;;;/h9-13H,7-8H2,1-6H3;1,3-6,12H,7-10H2,2H3;2*1H;/q-1;;;;+1/p-2. The maximum Gasteiger partial charge on any atom is 0.0146 e. The SMILES string of the molecule is CC(Oc1ccccc1[CH]=[Ru+])C(=O)N1CCOCC1.Cc1cc(C)c(N2[CH-]N(c3c(C)cc(C)cc3C)CC2)c(C)c1.[Cl-].[Cl-]. The van der Waals surface area contributed by atoms with Crippen LogP contribution in [-0.4, -0.2) is 60.9 Å². The van der Waals surface area contributed by atoms with Gasteiger partial charge in [-0.05, 0) is 63.8 Å². The Morgan fingerprint density at radius 1 is 0.818 bits per heavy atom. The van der Waals surface area contributed by atoms with Gasteiger partial charge in [0.1, 0.15) is 0 Å². The number of hydrogen-bond acceptors (Lipinski definition) is 5. The van der Waals surface area contributed by atoms with Gasteiger partial charge in [-0.15, -0.1) is 0 Å². The second kappa shape index (κ2) is 17.3. The molecule has 3 aromatic carbocycles. The maximum atomic E-state index is 12.2. The molecule has 0 N–H and O–H groups in total. The predicted molar refractivity (Wildman–Crippen MR) is 169 cm³/mol. The van der Waals surface area contributed by atoms with Crippen LogP contribution in [0.2, 0.25) is 0 Å². The predicted octanol–water partition coefficient (Wildman–Crippen LogP) is 0.000810. The fourth-order valence-corrected chi connectivity index (χ4v) is 6.46. The van der Waals surface area contributed by atoms with E-state index < -0.39 is 6.10 Å². The second-order valence-corrected chi connectivity index (χ2v) is 11.8. The van der Waals surface area contributed by atoms with Crippen LogP contribution in [-0.2, 0) is 27.4 Å². The first-order valence-corrected chi connectivity index (χ1v) is 15.7. The van der Waals surface area contributed by atoms with E-state index >= 15 is 0 Å². The van der Waals surface area contributed by atoms with Crippen molar-refractivity contribution in [2.75, 3.05) is 49.2 Å². The Balaban J connectivity index is 0.000000299. The summed E-state index contributed by atoms with van der Waals surface area (Å²) in [5.74, 6) is 0.748. The van der Waals surface area contributed by atoms with E-state index in [0.717, 1.165) is 24.4 Å². The van der Waals surface area contributed by atoms with Crippen molar-refractivity contribution in [2.24, 2.45) is 0 Å². The second-order valence-electron chi connectivity index (χ2n) is 11.3. The number of halogens is 2. The van der Waals surface area contributed by atoms with Gasteiger partial charge in [0.05, 0.1) is 0 Å². The smallest absolute Gasteiger partial charge is 0.0146 e. The average Bonchev–Trinajstić information content (AvgIpc) is 3.41. The Kier molecular flexibility index (Phi) is 14.9. The molecule has 0 aromatic heterocycles. The summed E-state index contributed by atoms with van der Waals surface area (Å²) >= 11 is 2.46. The van der Waals surface area contributed by atoms with Crippen LogP contribution < -0.4 is 39.4 Å². The van der Waals surface area contributed by atoms with Crippen molar-refractivity contribution in [2.45, 2.75) is 54.6 Å². The number of rotatable bonds is 6. The van der Waals surface area contributed by atoms with Crippen LogP contribution in [0.4, 0.5) is 11.4 Å². The number of morpholine rings is 1. The molecule has 1 unspecified atom stereocenters. The maximum absolute atomic E-state index is 12.2. The fraction of sp³-hybridized carbons (Fsp3) is 0.400. The molecule has 0 aliphatic carbocycles. The molecule has 2 fully saturated rings. The van der Waals surface area contributed by atoms with Crippen LogP contribution in [0, 0.1) is 48.2 Å². The van der Waals surface area contributed by atoms with Crippen molar-refractivity contribution in [3.8, 4) is 5.75 Å². The number of carbonyl (C=O) groups excluding carboxylic acids is 1. The molecule has 2 aliphatic heterocycles. The Hall–Kier alpha value is -2.44. The zero-order valence-corrected chi connectivity index (χ0v) is 30.0. The molecule has 6 nitrogen and oxygen atoms in total. The fourth-order valence-electron chi connectivity index (χ4n) is 6.04. The van der Waals surface area contributed by atoms with Gasteiger partial charge in [0.15, 0.2) is 0 Å². The third-order valence-electron chi connectivity index (χ3n) is 7.71. The molecule has 3 aromatic rings. The number of ether oxygens (including phenoxy) is 2. The summed E-state index contributed by atoms with van der Waals surface area (Å²) in [7, 11) is 0. The summed E-state index contributed by atoms with van der Waals surface area (Å²) in [6.45, 7) is 21.9. The number of hydrogen-bond donors (Lipinski definition) is 0. The summed E-state index contributed by atoms with van der Waals surface area (Å²) in [4.78, 5) is 18.8. The van der Waals surface area contributed by atoms with Crippen LogP contribution in [0.1, 0.15) is 45.9 Å². The number of nitrogens with zero attached hydrogens (tertiary/aromatic N) is 3. The average molecular weight is 727 g/mol. The Morgan fingerprint density at radius 2 is 1.27 bits per heavy atom. The summed E-state index contributed by atoms with van der Waals surface area (Å²) in [5, 5.41) is 0. The molecule has 44 heavy (non-hydrogen) atoms. The molecular weight excluding hydrogens is 682 g/mol. The van der Waals surface area contributed by atoms with Gasteiger partial charge in [0, 0.05) is 24.5 Å². The van der Waals surface area contributed by atoms with Crippen molar-refractivity contribution in [3.05, 3.63) is 94.1 Å². The molecule has 2 heterocycles. The normalized spacial score (nSPS) is 14.9.